The van der Waals surface area contributed by atoms with Crippen LogP contribution >= 0.6 is 0 Å². The highest BCUT2D eigenvalue weighted by Gasteiger charge is 2.34. The van der Waals surface area contributed by atoms with E-state index in [0.29, 0.717) is 35.8 Å². The van der Waals surface area contributed by atoms with Gasteiger partial charge in [-0.2, -0.15) is 0 Å². The van der Waals surface area contributed by atoms with E-state index in [0.717, 1.165) is 26.1 Å². The fourth-order valence-corrected chi connectivity index (χ4v) is 3.98. The number of carbonyl (C=O) groups excluding carboxylic acids is 1. The lowest BCUT2D eigenvalue weighted by molar-refractivity contribution is -0.384. The van der Waals surface area contributed by atoms with Gasteiger partial charge in [0.25, 0.3) is 11.6 Å². The van der Waals surface area contributed by atoms with Crippen molar-refractivity contribution in [2.45, 2.75) is 12.8 Å². The van der Waals surface area contributed by atoms with Crippen LogP contribution in [0, 0.1) is 22.0 Å². The summed E-state index contributed by atoms with van der Waals surface area (Å²) in [4.78, 5) is 39.9. The number of nitrogens with zero attached hydrogens (tertiary/aromatic N) is 2. The Morgan fingerprint density at radius 2 is 2.12 bits per heavy atom. The standard InChI is InChI=1S/C18H19N3O5/c22-17-8-15(14-7-13(21(24)25)1-2-16(14)19-17)18(23)20-5-3-11(9-20)12-4-6-26-10-12/h1-2,7-8,11-12H,3-6,9-10H2,(H,19,22). The predicted octanol–water partition coefficient (Wildman–Crippen LogP) is 1.93. The second-order valence-electron chi connectivity index (χ2n) is 6.96. The predicted molar refractivity (Wildman–Crippen MR) is 94.2 cm³/mol. The van der Waals surface area contributed by atoms with Crippen LogP contribution in [0.5, 0.6) is 0 Å². The molecular formula is C18H19N3O5. The molecule has 8 heteroatoms. The molecule has 0 saturated carbocycles. The molecule has 2 aliphatic rings. The first-order chi connectivity index (χ1) is 12.5. The second-order valence-corrected chi connectivity index (χ2v) is 6.96. The average molecular weight is 357 g/mol. The van der Waals surface area contributed by atoms with Gasteiger partial charge in [0.1, 0.15) is 0 Å². The molecule has 2 unspecified atom stereocenters. The van der Waals surface area contributed by atoms with Crippen LogP contribution < -0.4 is 5.56 Å². The molecular weight excluding hydrogens is 338 g/mol. The van der Waals surface area contributed by atoms with Crippen molar-refractivity contribution >= 4 is 22.5 Å². The maximum atomic E-state index is 13.0. The summed E-state index contributed by atoms with van der Waals surface area (Å²) in [5.74, 6) is 0.636. The van der Waals surface area contributed by atoms with Crippen molar-refractivity contribution in [2.75, 3.05) is 26.3 Å². The Hall–Kier alpha value is -2.74. The molecule has 0 radical (unpaired) electrons. The molecule has 2 fully saturated rings. The SMILES string of the molecule is O=C(c1cc(=O)[nH]c2ccc([N+](=O)[O-])cc12)N1CCC(C2CCOC2)C1. The molecule has 1 N–H and O–H groups in total. The zero-order valence-electron chi connectivity index (χ0n) is 14.1. The van der Waals surface area contributed by atoms with E-state index in [9.17, 15) is 19.7 Å². The molecule has 2 atom stereocenters. The third-order valence-corrected chi connectivity index (χ3v) is 5.41. The highest BCUT2D eigenvalue weighted by molar-refractivity contribution is 6.06. The summed E-state index contributed by atoms with van der Waals surface area (Å²) in [5, 5.41) is 11.5. The summed E-state index contributed by atoms with van der Waals surface area (Å²) in [6.07, 6.45) is 1.94. The van der Waals surface area contributed by atoms with Gasteiger partial charge in [-0.1, -0.05) is 0 Å². The minimum absolute atomic E-state index is 0.110. The van der Waals surface area contributed by atoms with E-state index in [1.165, 1.54) is 24.3 Å². The van der Waals surface area contributed by atoms with Crippen molar-refractivity contribution in [1.82, 2.24) is 9.88 Å². The lowest BCUT2D eigenvalue weighted by Gasteiger charge is -2.19. The van der Waals surface area contributed by atoms with Crippen LogP contribution in [-0.2, 0) is 4.74 Å². The number of aromatic nitrogens is 1. The first-order valence-electron chi connectivity index (χ1n) is 8.71. The average Bonchev–Trinajstić information content (AvgIpc) is 3.31. The number of nitro groups is 1. The fourth-order valence-electron chi connectivity index (χ4n) is 3.98. The van der Waals surface area contributed by atoms with Crippen LogP contribution in [0.3, 0.4) is 0 Å². The maximum Gasteiger partial charge on any atom is 0.270 e. The van der Waals surface area contributed by atoms with Crippen LogP contribution in [0.25, 0.3) is 10.9 Å². The molecule has 0 spiro atoms. The number of aromatic amines is 1. The van der Waals surface area contributed by atoms with Crippen LogP contribution in [0.1, 0.15) is 23.2 Å². The number of ether oxygens (including phenoxy) is 1. The number of carbonyl (C=O) groups is 1. The zero-order chi connectivity index (χ0) is 18.3. The highest BCUT2D eigenvalue weighted by Crippen LogP contribution is 2.31. The minimum atomic E-state index is -0.509. The summed E-state index contributed by atoms with van der Waals surface area (Å²) in [5.41, 5.74) is 0.137. The number of rotatable bonds is 3. The molecule has 0 aliphatic carbocycles. The van der Waals surface area contributed by atoms with Gasteiger partial charge < -0.3 is 14.6 Å². The Kier molecular flexibility index (Phi) is 4.20. The van der Waals surface area contributed by atoms with Crippen molar-refractivity contribution in [3.8, 4) is 0 Å². The number of hydrogen-bond donors (Lipinski definition) is 1. The fraction of sp³-hybridized carbons (Fsp3) is 0.444. The Bertz CT molecular complexity index is 932. The number of benzene rings is 1. The Morgan fingerprint density at radius 3 is 2.85 bits per heavy atom. The highest BCUT2D eigenvalue weighted by atomic mass is 16.6. The molecule has 136 valence electrons. The monoisotopic (exact) mass is 357 g/mol. The van der Waals surface area contributed by atoms with E-state index in [1.54, 1.807) is 4.90 Å². The number of fused-ring (bicyclic) bond motifs is 1. The topological polar surface area (TPSA) is 106 Å². The minimum Gasteiger partial charge on any atom is -0.381 e. The van der Waals surface area contributed by atoms with Crippen molar-refractivity contribution in [1.29, 1.82) is 0 Å². The summed E-state index contributed by atoms with van der Waals surface area (Å²) >= 11 is 0. The quantitative estimate of drug-likeness (QED) is 0.667. The number of nitrogens with one attached hydrogen (secondary N) is 1. The number of amides is 1. The van der Waals surface area contributed by atoms with E-state index < -0.39 is 10.5 Å². The van der Waals surface area contributed by atoms with Crippen molar-refractivity contribution in [2.24, 2.45) is 11.8 Å². The number of hydrogen-bond acceptors (Lipinski definition) is 5. The van der Waals surface area contributed by atoms with Gasteiger partial charge in [0.15, 0.2) is 0 Å². The summed E-state index contributed by atoms with van der Waals surface area (Å²) in [6, 6.07) is 5.37. The molecule has 26 heavy (non-hydrogen) atoms. The molecule has 8 nitrogen and oxygen atoms in total. The van der Waals surface area contributed by atoms with E-state index in [1.807, 2.05) is 0 Å². The van der Waals surface area contributed by atoms with Crippen molar-refractivity contribution < 1.29 is 14.5 Å². The van der Waals surface area contributed by atoms with Gasteiger partial charge in [-0.3, -0.25) is 19.7 Å². The Morgan fingerprint density at radius 1 is 1.27 bits per heavy atom. The smallest absolute Gasteiger partial charge is 0.270 e. The molecule has 2 saturated heterocycles. The van der Waals surface area contributed by atoms with Gasteiger partial charge >= 0.3 is 0 Å². The number of H-pyrrole nitrogens is 1. The molecule has 2 aromatic rings. The number of nitro benzene ring substituents is 1. The molecule has 3 heterocycles. The second kappa shape index (κ2) is 6.53. The van der Waals surface area contributed by atoms with Gasteiger partial charge in [0, 0.05) is 55.4 Å². The third-order valence-electron chi connectivity index (χ3n) is 5.41. The van der Waals surface area contributed by atoms with Gasteiger partial charge in [0.05, 0.1) is 10.5 Å². The number of pyridine rings is 1. The number of likely N-dealkylation sites (tertiary alicyclic amines) is 1. The molecule has 1 amide bonds. The Labute approximate surface area is 148 Å². The lowest BCUT2D eigenvalue weighted by atomic mass is 9.91. The molecule has 4 rings (SSSR count). The van der Waals surface area contributed by atoms with Crippen molar-refractivity contribution in [3.05, 3.63) is 50.3 Å². The van der Waals surface area contributed by atoms with Crippen LogP contribution in [-0.4, -0.2) is 47.0 Å². The van der Waals surface area contributed by atoms with Crippen molar-refractivity contribution in [3.63, 3.8) is 0 Å². The van der Waals surface area contributed by atoms with Gasteiger partial charge in [-0.15, -0.1) is 0 Å². The van der Waals surface area contributed by atoms with Crippen LogP contribution in [0.15, 0.2) is 29.1 Å². The van der Waals surface area contributed by atoms with Crippen LogP contribution in [0.4, 0.5) is 5.69 Å². The first-order valence-corrected chi connectivity index (χ1v) is 8.71. The Balaban J connectivity index is 1.66. The van der Waals surface area contributed by atoms with Gasteiger partial charge in [0.2, 0.25) is 5.56 Å². The molecule has 1 aromatic carbocycles. The summed E-state index contributed by atoms with van der Waals surface area (Å²) in [7, 11) is 0. The van der Waals surface area contributed by atoms with Gasteiger partial charge in [-0.05, 0) is 30.7 Å². The number of non-ortho nitro benzene ring substituents is 1. The largest absolute Gasteiger partial charge is 0.381 e. The third kappa shape index (κ3) is 2.96. The van der Waals surface area contributed by atoms with E-state index in [4.69, 9.17) is 4.74 Å². The van der Waals surface area contributed by atoms with Gasteiger partial charge in [-0.25, -0.2) is 0 Å². The van der Waals surface area contributed by atoms with E-state index >= 15 is 0 Å². The van der Waals surface area contributed by atoms with Crippen LogP contribution in [0.2, 0.25) is 0 Å². The summed E-state index contributed by atoms with van der Waals surface area (Å²) in [6.45, 7) is 2.78. The normalized spacial score (nSPS) is 22.8. The molecule has 2 aliphatic heterocycles. The zero-order valence-corrected chi connectivity index (χ0v) is 14.1. The molecule has 0 bridgehead atoms. The summed E-state index contributed by atoms with van der Waals surface area (Å²) < 4.78 is 5.45. The van der Waals surface area contributed by atoms with E-state index in [-0.39, 0.29) is 17.2 Å². The van der Waals surface area contributed by atoms with E-state index in [2.05, 4.69) is 4.98 Å². The molecule has 1 aromatic heterocycles. The lowest BCUT2D eigenvalue weighted by Crippen LogP contribution is -2.31. The maximum absolute atomic E-state index is 13.0. The first kappa shape index (κ1) is 16.7.